The fourth-order valence-corrected chi connectivity index (χ4v) is 8.17. The molecule has 4 fully saturated rings. The number of anilines is 1. The highest BCUT2D eigenvalue weighted by Gasteiger charge is 2.46. The minimum absolute atomic E-state index is 0.0569. The smallest absolute Gasteiger partial charge is 0.328 e. The Labute approximate surface area is 333 Å². The Kier molecular flexibility index (Phi) is 12.8. The summed E-state index contributed by atoms with van der Waals surface area (Å²) in [5.41, 5.74) is 3.22. The molecule has 2 aromatic rings. The van der Waals surface area contributed by atoms with Crippen molar-refractivity contribution in [2.75, 3.05) is 51.7 Å². The molecule has 4 saturated heterocycles. The van der Waals surface area contributed by atoms with Crippen LogP contribution in [0.3, 0.4) is 0 Å². The Morgan fingerprint density at radius 2 is 1.58 bits per heavy atom. The molecule has 306 valence electrons. The lowest BCUT2D eigenvalue weighted by molar-refractivity contribution is -0.158. The average molecular weight is 787 g/mol. The third-order valence-electron chi connectivity index (χ3n) is 11.2. The van der Waals surface area contributed by atoms with Crippen molar-refractivity contribution >= 4 is 47.2 Å². The predicted octanol–water partition coefficient (Wildman–Crippen LogP) is 0.953. The van der Waals surface area contributed by atoms with Crippen molar-refractivity contribution in [2.24, 2.45) is 5.92 Å². The highest BCUT2D eigenvalue weighted by molar-refractivity contribution is 5.98. The first kappa shape index (κ1) is 41.1. The van der Waals surface area contributed by atoms with E-state index in [2.05, 4.69) is 21.3 Å². The van der Waals surface area contributed by atoms with Crippen LogP contribution in [-0.4, -0.2) is 144 Å². The van der Waals surface area contributed by atoms with Crippen molar-refractivity contribution in [3.63, 3.8) is 0 Å². The number of hydrogen-bond acceptors (Lipinski definition) is 9. The van der Waals surface area contributed by atoms with Gasteiger partial charge in [-0.05, 0) is 70.7 Å². The van der Waals surface area contributed by atoms with Gasteiger partial charge in [-0.25, -0.2) is 9.59 Å². The predicted molar refractivity (Wildman–Crippen MR) is 210 cm³/mol. The monoisotopic (exact) mass is 786 g/mol. The van der Waals surface area contributed by atoms with Gasteiger partial charge in [-0.15, -0.1) is 0 Å². The zero-order valence-electron chi connectivity index (χ0n) is 33.3. The van der Waals surface area contributed by atoms with Gasteiger partial charge in [0, 0.05) is 44.8 Å². The van der Waals surface area contributed by atoms with Crippen molar-refractivity contribution < 1.29 is 38.3 Å². The molecule has 4 heterocycles. The summed E-state index contributed by atoms with van der Waals surface area (Å²) in [6.07, 6.45) is 1.19. The summed E-state index contributed by atoms with van der Waals surface area (Å²) < 4.78 is 5.77. The molecule has 6 rings (SSSR count). The van der Waals surface area contributed by atoms with Crippen LogP contribution in [0.4, 0.5) is 10.5 Å². The number of hydrogen-bond donors (Lipinski definition) is 4. The molecule has 4 aliphatic rings. The second-order valence-electron chi connectivity index (χ2n) is 16.0. The molecule has 0 bridgehead atoms. The molecule has 0 aromatic heterocycles. The van der Waals surface area contributed by atoms with E-state index in [1.807, 2.05) is 69.1 Å². The molecule has 0 saturated carbocycles. The minimum atomic E-state index is -1.45. The second-order valence-corrected chi connectivity index (χ2v) is 16.0. The Balaban J connectivity index is 1.31. The zero-order valence-corrected chi connectivity index (χ0v) is 33.3. The third-order valence-corrected chi connectivity index (χ3v) is 11.2. The van der Waals surface area contributed by atoms with E-state index < -0.39 is 84.4 Å². The molecule has 4 N–H and O–H groups in total. The van der Waals surface area contributed by atoms with E-state index >= 15 is 0 Å². The number of ether oxygens (including phenoxy) is 1. The minimum Gasteiger partial charge on any atom is -0.461 e. The summed E-state index contributed by atoms with van der Waals surface area (Å²) in [6, 6.07) is 7.52. The quantitative estimate of drug-likeness (QED) is 0.309. The molecule has 0 unspecified atom stereocenters. The van der Waals surface area contributed by atoms with Crippen LogP contribution in [0.5, 0.6) is 0 Å². The number of amides is 7. The molecule has 16 heteroatoms. The second kappa shape index (κ2) is 17.7. The van der Waals surface area contributed by atoms with E-state index in [1.54, 1.807) is 19.1 Å². The molecule has 2 aromatic carbocycles. The van der Waals surface area contributed by atoms with Crippen LogP contribution in [0.15, 0.2) is 48.5 Å². The van der Waals surface area contributed by atoms with E-state index in [0.717, 1.165) is 16.7 Å². The third kappa shape index (κ3) is 9.72. The van der Waals surface area contributed by atoms with E-state index in [1.165, 1.54) is 14.7 Å². The Morgan fingerprint density at radius 3 is 2.32 bits per heavy atom. The molecular formula is C41H54N8O8. The number of rotatable bonds is 6. The first-order valence-electron chi connectivity index (χ1n) is 19.8. The Hall–Kier alpha value is -5.51. The molecule has 0 radical (unpaired) electrons. The molecule has 7 atom stereocenters. The van der Waals surface area contributed by atoms with Gasteiger partial charge in [-0.2, -0.15) is 0 Å². The number of benzene rings is 2. The van der Waals surface area contributed by atoms with E-state index in [-0.39, 0.29) is 38.5 Å². The van der Waals surface area contributed by atoms with Crippen molar-refractivity contribution in [1.82, 2.24) is 35.6 Å². The lowest BCUT2D eigenvalue weighted by Gasteiger charge is -2.42. The molecule has 7 amide bonds. The maximum absolute atomic E-state index is 14.6. The van der Waals surface area contributed by atoms with Gasteiger partial charge in [-0.3, -0.25) is 24.0 Å². The van der Waals surface area contributed by atoms with Gasteiger partial charge in [0.15, 0.2) is 0 Å². The summed E-state index contributed by atoms with van der Waals surface area (Å²) in [7, 11) is 1.84. The molecule has 16 nitrogen and oxygen atoms in total. The first-order valence-corrected chi connectivity index (χ1v) is 19.8. The number of carbonyl (C=O) groups excluding carboxylic acids is 7. The van der Waals surface area contributed by atoms with Gasteiger partial charge >= 0.3 is 12.0 Å². The van der Waals surface area contributed by atoms with Gasteiger partial charge < -0.3 is 45.6 Å². The number of carbonyl (C=O) groups is 7. The molecule has 0 aliphatic carbocycles. The fourth-order valence-electron chi connectivity index (χ4n) is 8.17. The van der Waals surface area contributed by atoms with E-state index in [4.69, 9.17) is 4.74 Å². The number of fused-ring (bicyclic) bond motifs is 3. The van der Waals surface area contributed by atoms with Crippen LogP contribution in [-0.2, 0) is 39.9 Å². The number of urea groups is 1. The number of nitrogens with one attached hydrogen (secondary N) is 4. The van der Waals surface area contributed by atoms with Crippen LogP contribution in [0.25, 0.3) is 0 Å². The summed E-state index contributed by atoms with van der Waals surface area (Å²) in [4.78, 5) is 104. The van der Waals surface area contributed by atoms with Gasteiger partial charge in [0.1, 0.15) is 42.9 Å². The summed E-state index contributed by atoms with van der Waals surface area (Å²) >= 11 is 0. The molecule has 0 spiro atoms. The van der Waals surface area contributed by atoms with E-state index in [9.17, 15) is 33.6 Å². The van der Waals surface area contributed by atoms with Gasteiger partial charge in [0.05, 0.1) is 0 Å². The number of cyclic esters (lactones) is 1. The summed E-state index contributed by atoms with van der Waals surface area (Å²) in [6.45, 7) is 8.11. The average Bonchev–Trinajstić information content (AvgIpc) is 3.83. The van der Waals surface area contributed by atoms with Crippen molar-refractivity contribution in [3.05, 3.63) is 65.2 Å². The van der Waals surface area contributed by atoms with Gasteiger partial charge in [-0.1, -0.05) is 54.4 Å². The van der Waals surface area contributed by atoms with Crippen LogP contribution in [0, 0.1) is 19.8 Å². The van der Waals surface area contributed by atoms with Crippen molar-refractivity contribution in [2.45, 2.75) is 89.6 Å². The van der Waals surface area contributed by atoms with E-state index in [0.29, 0.717) is 31.5 Å². The number of aryl methyl sites for hydroxylation is 2. The maximum Gasteiger partial charge on any atom is 0.328 e. The first-order chi connectivity index (χ1) is 27.2. The van der Waals surface area contributed by atoms with Gasteiger partial charge in [0.2, 0.25) is 29.5 Å². The number of esters is 1. The zero-order chi connectivity index (χ0) is 41.0. The highest BCUT2D eigenvalue weighted by atomic mass is 16.5. The van der Waals surface area contributed by atoms with Crippen LogP contribution in [0.1, 0.15) is 49.8 Å². The molecular weight excluding hydrogens is 732 g/mol. The van der Waals surface area contributed by atoms with Crippen LogP contribution in [0.2, 0.25) is 0 Å². The summed E-state index contributed by atoms with van der Waals surface area (Å²) in [5, 5.41) is 11.0. The summed E-state index contributed by atoms with van der Waals surface area (Å²) in [5.74, 6) is -3.56. The highest BCUT2D eigenvalue weighted by Crippen LogP contribution is 2.27. The normalized spacial score (nSPS) is 26.8. The van der Waals surface area contributed by atoms with Crippen LogP contribution < -0.4 is 21.3 Å². The van der Waals surface area contributed by atoms with Crippen molar-refractivity contribution in [3.8, 4) is 0 Å². The Morgan fingerprint density at radius 1 is 0.842 bits per heavy atom. The molecule has 57 heavy (non-hydrogen) atoms. The topological polar surface area (TPSA) is 190 Å². The fraction of sp³-hybridized carbons (Fsp3) is 0.537. The largest absolute Gasteiger partial charge is 0.461 e. The standard InChI is InChI=1S/C41H54N8O8/c1-24-11-13-29(14-12-24)43-41(56)45-30(20-28-9-6-8-25(2)18-28)35(50)44-31-23-57-40(55)33-19-26(3)21-49(33)37(52)27(4)42-36(51)34-22-46(5)16-17-48(34)39(54)32-10-7-15-47(32)38(31)53/h6,8-9,11-14,18,26-27,30-34H,7,10,15-17,19-23H2,1-5H3,(H,42,51)(H,44,50)(H2,43,45,56)/t26-,27+,30+,31+,32+,33+,34+/m1/s1. The SMILES string of the molecule is Cc1ccc(NC(=O)N[C@@H](Cc2cccc(C)c2)C(=O)N[C@H]2COC(=O)[C@@H]3C[C@@H](C)CN3C(=O)[C@H](C)NC(=O)[C@@H]3CN(C)CCN3C(=O)[C@@H]3CCCN3C2=O)cc1. The number of nitrogens with zero attached hydrogens (tertiary/aromatic N) is 4. The van der Waals surface area contributed by atoms with Gasteiger partial charge in [0.25, 0.3) is 0 Å². The lowest BCUT2D eigenvalue weighted by Crippen LogP contribution is -2.65. The maximum atomic E-state index is 14.6. The van der Waals surface area contributed by atoms with Crippen molar-refractivity contribution in [1.29, 1.82) is 0 Å². The number of piperazine rings is 1. The molecule has 4 aliphatic heterocycles. The lowest BCUT2D eigenvalue weighted by atomic mass is 10.0. The van der Waals surface area contributed by atoms with Crippen LogP contribution >= 0.6 is 0 Å². The Bertz CT molecular complexity index is 1870. The number of likely N-dealkylation sites (N-methyl/N-ethyl adjacent to an activating group) is 1.